The summed E-state index contributed by atoms with van der Waals surface area (Å²) >= 11 is 0. The summed E-state index contributed by atoms with van der Waals surface area (Å²) in [6.45, 7) is 0.148. The van der Waals surface area contributed by atoms with E-state index in [0.717, 1.165) is 0 Å². The summed E-state index contributed by atoms with van der Waals surface area (Å²) in [7, 11) is -3.56. The van der Waals surface area contributed by atoms with E-state index in [2.05, 4.69) is 4.72 Å². The highest BCUT2D eigenvalue weighted by Gasteiger charge is 2.15. The zero-order valence-corrected chi connectivity index (χ0v) is 13.7. The number of benzene rings is 1. The third-order valence-electron chi connectivity index (χ3n) is 3.36. The summed E-state index contributed by atoms with van der Waals surface area (Å²) in [5.41, 5.74) is 0. The van der Waals surface area contributed by atoms with Crippen molar-refractivity contribution in [1.29, 1.82) is 0 Å². The van der Waals surface area contributed by atoms with Gasteiger partial charge in [-0.3, -0.25) is 4.79 Å². The predicted molar refractivity (Wildman–Crippen MR) is 85.9 cm³/mol. The van der Waals surface area contributed by atoms with Crippen LogP contribution in [-0.2, 0) is 21.2 Å². The van der Waals surface area contributed by atoms with Crippen LogP contribution in [0.15, 0.2) is 51.8 Å². The van der Waals surface area contributed by atoms with E-state index in [0.29, 0.717) is 12.2 Å². The van der Waals surface area contributed by atoms with Gasteiger partial charge in [-0.25, -0.2) is 13.1 Å². The van der Waals surface area contributed by atoms with Crippen molar-refractivity contribution in [2.24, 2.45) is 0 Å². The number of nitrogens with one attached hydrogen (secondary N) is 1. The number of carboxylic acids is 1. The summed E-state index contributed by atoms with van der Waals surface area (Å²) in [6.07, 6.45) is -0.773. The quantitative estimate of drug-likeness (QED) is 0.632. The first kappa shape index (κ1) is 18.2. The van der Waals surface area contributed by atoms with E-state index >= 15 is 0 Å². The minimum Gasteiger partial charge on any atom is -0.481 e. The largest absolute Gasteiger partial charge is 0.481 e. The van der Waals surface area contributed by atoms with E-state index in [9.17, 15) is 18.3 Å². The molecule has 0 amide bonds. The van der Waals surface area contributed by atoms with Crippen LogP contribution in [-0.4, -0.2) is 31.1 Å². The van der Waals surface area contributed by atoms with E-state index in [1.54, 1.807) is 30.3 Å². The fraction of sp³-hybridized carbons (Fsp3) is 0.312. The Hall–Kier alpha value is -2.16. The molecule has 1 heterocycles. The minimum atomic E-state index is -3.56. The molecule has 0 saturated heterocycles. The first-order chi connectivity index (χ1) is 11.4. The van der Waals surface area contributed by atoms with Crippen LogP contribution in [0.5, 0.6) is 0 Å². The second-order valence-corrected chi connectivity index (χ2v) is 6.98. The van der Waals surface area contributed by atoms with Crippen molar-refractivity contribution in [3.63, 3.8) is 0 Å². The highest BCUT2D eigenvalue weighted by Crippen LogP contribution is 2.21. The molecule has 0 spiro atoms. The monoisotopic (exact) mass is 353 g/mol. The highest BCUT2D eigenvalue weighted by atomic mass is 32.2. The van der Waals surface area contributed by atoms with Crippen LogP contribution in [0.2, 0.25) is 0 Å². The van der Waals surface area contributed by atoms with Crippen molar-refractivity contribution in [3.05, 3.63) is 54.0 Å². The fourth-order valence-corrected chi connectivity index (χ4v) is 3.15. The average Bonchev–Trinajstić information content (AvgIpc) is 3.02. The van der Waals surface area contributed by atoms with Gasteiger partial charge < -0.3 is 14.6 Å². The molecule has 7 nitrogen and oxygen atoms in total. The van der Waals surface area contributed by atoms with Crippen molar-refractivity contribution >= 4 is 16.0 Å². The zero-order chi connectivity index (χ0) is 17.6. The van der Waals surface area contributed by atoms with E-state index in [-0.39, 0.29) is 30.0 Å². The molecule has 0 aliphatic rings. The molecule has 2 aromatic rings. The maximum atomic E-state index is 12.0. The van der Waals surface area contributed by atoms with Gasteiger partial charge in [-0.2, -0.15) is 0 Å². The van der Waals surface area contributed by atoms with Crippen molar-refractivity contribution in [3.8, 4) is 0 Å². The van der Waals surface area contributed by atoms with E-state index in [1.807, 2.05) is 0 Å². The highest BCUT2D eigenvalue weighted by molar-refractivity contribution is 7.89. The van der Waals surface area contributed by atoms with Crippen molar-refractivity contribution in [2.45, 2.75) is 30.3 Å². The van der Waals surface area contributed by atoms with Crippen molar-refractivity contribution in [2.75, 3.05) is 6.54 Å². The van der Waals surface area contributed by atoms with Gasteiger partial charge in [0, 0.05) is 19.4 Å². The number of aliphatic carboxylic acids is 1. The number of aliphatic hydroxyl groups excluding tert-OH is 1. The van der Waals surface area contributed by atoms with Crippen LogP contribution in [0.1, 0.15) is 30.5 Å². The number of aliphatic hydroxyl groups is 1. The first-order valence-corrected chi connectivity index (χ1v) is 8.90. The molecule has 1 aromatic heterocycles. The molecule has 3 N–H and O–H groups in total. The molecule has 0 fully saturated rings. The standard InChI is InChI=1S/C16H19NO6S/c18-14(7-9-16(19)20)15-8-6-12(23-15)10-11-17-24(21,22)13-4-2-1-3-5-13/h1-6,8,14,17-18H,7,9-11H2,(H,19,20). The van der Waals surface area contributed by atoms with Gasteiger partial charge >= 0.3 is 5.97 Å². The Morgan fingerprint density at radius 2 is 1.88 bits per heavy atom. The maximum absolute atomic E-state index is 12.0. The number of carbonyl (C=O) groups is 1. The lowest BCUT2D eigenvalue weighted by Crippen LogP contribution is -2.25. The topological polar surface area (TPSA) is 117 Å². The van der Waals surface area contributed by atoms with E-state index in [4.69, 9.17) is 9.52 Å². The zero-order valence-electron chi connectivity index (χ0n) is 12.9. The van der Waals surface area contributed by atoms with Crippen molar-refractivity contribution in [1.82, 2.24) is 4.72 Å². The minimum absolute atomic E-state index is 0.0585. The van der Waals surface area contributed by atoms with E-state index < -0.39 is 22.1 Å². The Labute approximate surface area is 140 Å². The normalized spacial score (nSPS) is 12.9. The molecule has 2 rings (SSSR count). The molecule has 24 heavy (non-hydrogen) atoms. The predicted octanol–water partition coefficient (Wildman–Crippen LogP) is 1.70. The SMILES string of the molecule is O=C(O)CCC(O)c1ccc(CCNS(=O)(=O)c2ccccc2)o1. The molecule has 1 unspecified atom stereocenters. The maximum Gasteiger partial charge on any atom is 0.303 e. The summed E-state index contributed by atoms with van der Waals surface area (Å²) < 4.78 is 32.0. The Balaban J connectivity index is 1.86. The van der Waals surface area contributed by atoms with Gasteiger partial charge in [0.05, 0.1) is 4.90 Å². The first-order valence-electron chi connectivity index (χ1n) is 7.41. The molecule has 0 radical (unpaired) electrons. The summed E-state index contributed by atoms with van der Waals surface area (Å²) in [4.78, 5) is 10.7. The molecular formula is C16H19NO6S. The molecule has 130 valence electrons. The van der Waals surface area contributed by atoms with Gasteiger partial charge in [-0.1, -0.05) is 18.2 Å². The van der Waals surface area contributed by atoms with Gasteiger partial charge in [0.1, 0.15) is 17.6 Å². The van der Waals surface area contributed by atoms with Crippen LogP contribution in [0, 0.1) is 0 Å². The van der Waals surface area contributed by atoms with Gasteiger partial charge in [-0.05, 0) is 30.7 Å². The summed E-state index contributed by atoms with van der Waals surface area (Å²) in [5, 5.41) is 18.4. The number of furan rings is 1. The van der Waals surface area contributed by atoms with Gasteiger partial charge in [0.2, 0.25) is 10.0 Å². The lowest BCUT2D eigenvalue weighted by atomic mass is 10.1. The number of hydrogen-bond acceptors (Lipinski definition) is 5. The molecule has 0 aliphatic heterocycles. The molecule has 8 heteroatoms. The summed E-state index contributed by atoms with van der Waals surface area (Å²) in [5.74, 6) is -0.205. The lowest BCUT2D eigenvalue weighted by Gasteiger charge is -2.06. The Morgan fingerprint density at radius 1 is 1.17 bits per heavy atom. The van der Waals surface area contributed by atoms with Gasteiger partial charge in [-0.15, -0.1) is 0 Å². The second-order valence-electron chi connectivity index (χ2n) is 5.21. The third kappa shape index (κ3) is 5.19. The molecule has 0 saturated carbocycles. The molecule has 0 aliphatic carbocycles. The smallest absolute Gasteiger partial charge is 0.303 e. The van der Waals surface area contributed by atoms with Crippen LogP contribution in [0.4, 0.5) is 0 Å². The Bertz CT molecular complexity index is 769. The number of rotatable bonds is 9. The van der Waals surface area contributed by atoms with Gasteiger partial charge in [0.15, 0.2) is 0 Å². The van der Waals surface area contributed by atoms with Gasteiger partial charge in [0.25, 0.3) is 0 Å². The number of sulfonamides is 1. The second kappa shape index (κ2) is 8.09. The molecular weight excluding hydrogens is 334 g/mol. The van der Waals surface area contributed by atoms with Crippen LogP contribution >= 0.6 is 0 Å². The van der Waals surface area contributed by atoms with Crippen LogP contribution < -0.4 is 4.72 Å². The average molecular weight is 353 g/mol. The number of carboxylic acid groups (broad SMARTS) is 1. The molecule has 0 bridgehead atoms. The van der Waals surface area contributed by atoms with Crippen LogP contribution in [0.25, 0.3) is 0 Å². The Morgan fingerprint density at radius 3 is 2.54 bits per heavy atom. The van der Waals surface area contributed by atoms with Crippen LogP contribution in [0.3, 0.4) is 0 Å². The van der Waals surface area contributed by atoms with E-state index in [1.165, 1.54) is 12.1 Å². The Kier molecular flexibility index (Phi) is 6.13. The van der Waals surface area contributed by atoms with Crippen molar-refractivity contribution < 1.29 is 27.8 Å². The molecule has 1 atom stereocenters. The number of hydrogen-bond donors (Lipinski definition) is 3. The summed E-state index contributed by atoms with van der Waals surface area (Å²) in [6, 6.07) is 11.2. The third-order valence-corrected chi connectivity index (χ3v) is 4.84. The fourth-order valence-electron chi connectivity index (χ4n) is 2.10. The lowest BCUT2D eigenvalue weighted by molar-refractivity contribution is -0.137. The molecule has 1 aromatic carbocycles.